The van der Waals surface area contributed by atoms with E-state index in [1.54, 1.807) is 0 Å². The van der Waals surface area contributed by atoms with Crippen molar-refractivity contribution in [1.29, 1.82) is 0 Å². The maximum Gasteiger partial charge on any atom is 0.0107 e. The molecule has 0 amide bonds. The van der Waals surface area contributed by atoms with Crippen molar-refractivity contribution in [2.24, 2.45) is 17.8 Å². The number of nitrogens with one attached hydrogen (secondary N) is 1. The smallest absolute Gasteiger partial charge is 0.0107 e. The highest BCUT2D eigenvalue weighted by molar-refractivity contribution is 4.88. The van der Waals surface area contributed by atoms with Gasteiger partial charge in [0.25, 0.3) is 0 Å². The Morgan fingerprint density at radius 1 is 1.12 bits per heavy atom. The van der Waals surface area contributed by atoms with Crippen LogP contribution in [0.5, 0.6) is 0 Å². The Labute approximate surface area is 107 Å². The Balaban J connectivity index is 1.77. The third-order valence-corrected chi connectivity index (χ3v) is 4.87. The molecule has 2 nitrogen and oxygen atoms in total. The summed E-state index contributed by atoms with van der Waals surface area (Å²) in [5.41, 5.74) is 0. The SMILES string of the molecule is CCCNC1CCCC1CN1CC(C)C(C)C1. The van der Waals surface area contributed by atoms with E-state index in [1.807, 2.05) is 0 Å². The first-order valence-corrected chi connectivity index (χ1v) is 7.66. The van der Waals surface area contributed by atoms with Crippen LogP contribution in [0.1, 0.15) is 46.5 Å². The second-order valence-electron chi connectivity index (χ2n) is 6.42. The molecule has 1 saturated heterocycles. The average molecular weight is 238 g/mol. The van der Waals surface area contributed by atoms with Gasteiger partial charge in [0.15, 0.2) is 0 Å². The number of likely N-dealkylation sites (tertiary alicyclic amines) is 1. The minimum absolute atomic E-state index is 0.807. The van der Waals surface area contributed by atoms with Crippen molar-refractivity contribution in [3.8, 4) is 0 Å². The molecule has 100 valence electrons. The molecule has 0 radical (unpaired) electrons. The lowest BCUT2D eigenvalue weighted by Gasteiger charge is -2.26. The molecule has 17 heavy (non-hydrogen) atoms. The van der Waals surface area contributed by atoms with E-state index in [2.05, 4.69) is 31.0 Å². The minimum Gasteiger partial charge on any atom is -0.314 e. The zero-order valence-electron chi connectivity index (χ0n) is 11.9. The largest absolute Gasteiger partial charge is 0.314 e. The fourth-order valence-electron chi connectivity index (χ4n) is 3.58. The van der Waals surface area contributed by atoms with E-state index in [0.29, 0.717) is 0 Å². The quantitative estimate of drug-likeness (QED) is 0.792. The molecule has 1 N–H and O–H groups in total. The number of hydrogen-bond donors (Lipinski definition) is 1. The van der Waals surface area contributed by atoms with Gasteiger partial charge in [0.05, 0.1) is 0 Å². The molecular formula is C15H30N2. The molecule has 4 atom stereocenters. The number of nitrogens with zero attached hydrogens (tertiary/aromatic N) is 1. The molecule has 1 aliphatic carbocycles. The molecule has 0 aromatic rings. The van der Waals surface area contributed by atoms with Crippen LogP contribution in [-0.2, 0) is 0 Å². The van der Waals surface area contributed by atoms with Crippen molar-refractivity contribution in [3.05, 3.63) is 0 Å². The molecule has 4 unspecified atom stereocenters. The van der Waals surface area contributed by atoms with Crippen LogP contribution in [0.15, 0.2) is 0 Å². The lowest BCUT2D eigenvalue weighted by Crippen LogP contribution is -2.39. The zero-order valence-corrected chi connectivity index (χ0v) is 11.9. The van der Waals surface area contributed by atoms with Crippen LogP contribution in [-0.4, -0.2) is 37.1 Å². The van der Waals surface area contributed by atoms with Crippen LogP contribution in [0.25, 0.3) is 0 Å². The summed E-state index contributed by atoms with van der Waals surface area (Å²) >= 11 is 0. The molecular weight excluding hydrogens is 208 g/mol. The van der Waals surface area contributed by atoms with Crippen LogP contribution < -0.4 is 5.32 Å². The van der Waals surface area contributed by atoms with Gasteiger partial charge in [-0.1, -0.05) is 27.2 Å². The van der Waals surface area contributed by atoms with Crippen molar-refractivity contribution >= 4 is 0 Å². The zero-order chi connectivity index (χ0) is 12.3. The summed E-state index contributed by atoms with van der Waals surface area (Å²) in [6.45, 7) is 12.3. The number of rotatable bonds is 5. The molecule has 0 aromatic heterocycles. The van der Waals surface area contributed by atoms with E-state index < -0.39 is 0 Å². The van der Waals surface area contributed by atoms with Crippen molar-refractivity contribution in [1.82, 2.24) is 10.2 Å². The first-order chi connectivity index (χ1) is 8.20. The predicted octanol–water partition coefficient (Wildman–Crippen LogP) is 2.74. The van der Waals surface area contributed by atoms with Crippen LogP contribution in [0.4, 0.5) is 0 Å². The van der Waals surface area contributed by atoms with Gasteiger partial charge >= 0.3 is 0 Å². The van der Waals surface area contributed by atoms with Gasteiger partial charge in [-0.05, 0) is 43.6 Å². The van der Waals surface area contributed by atoms with Crippen LogP contribution in [0.2, 0.25) is 0 Å². The van der Waals surface area contributed by atoms with Gasteiger partial charge in [0, 0.05) is 25.7 Å². The molecule has 0 aromatic carbocycles. The van der Waals surface area contributed by atoms with E-state index in [0.717, 1.165) is 23.8 Å². The van der Waals surface area contributed by atoms with Gasteiger partial charge in [-0.2, -0.15) is 0 Å². The van der Waals surface area contributed by atoms with Gasteiger partial charge in [-0.3, -0.25) is 0 Å². The minimum atomic E-state index is 0.807. The van der Waals surface area contributed by atoms with E-state index in [4.69, 9.17) is 0 Å². The predicted molar refractivity (Wildman–Crippen MR) is 74.2 cm³/mol. The topological polar surface area (TPSA) is 15.3 Å². The average Bonchev–Trinajstić information content (AvgIpc) is 2.85. The van der Waals surface area contributed by atoms with Crippen molar-refractivity contribution in [3.63, 3.8) is 0 Å². The second-order valence-corrected chi connectivity index (χ2v) is 6.42. The van der Waals surface area contributed by atoms with Crippen molar-refractivity contribution < 1.29 is 0 Å². The highest BCUT2D eigenvalue weighted by atomic mass is 15.2. The Kier molecular flexibility index (Phi) is 4.87. The summed E-state index contributed by atoms with van der Waals surface area (Å²) < 4.78 is 0. The lowest BCUT2D eigenvalue weighted by molar-refractivity contribution is 0.243. The molecule has 1 saturated carbocycles. The molecule has 1 heterocycles. The van der Waals surface area contributed by atoms with Gasteiger partial charge in [-0.25, -0.2) is 0 Å². The van der Waals surface area contributed by atoms with E-state index in [-0.39, 0.29) is 0 Å². The molecule has 0 spiro atoms. The highest BCUT2D eigenvalue weighted by Gasteiger charge is 2.32. The van der Waals surface area contributed by atoms with Crippen LogP contribution in [0, 0.1) is 17.8 Å². The van der Waals surface area contributed by atoms with Crippen LogP contribution in [0.3, 0.4) is 0 Å². The van der Waals surface area contributed by atoms with Gasteiger partial charge in [0.1, 0.15) is 0 Å². The summed E-state index contributed by atoms with van der Waals surface area (Å²) in [7, 11) is 0. The van der Waals surface area contributed by atoms with Gasteiger partial charge in [0.2, 0.25) is 0 Å². The highest BCUT2D eigenvalue weighted by Crippen LogP contribution is 2.29. The second kappa shape index (κ2) is 6.19. The molecule has 2 heteroatoms. The third-order valence-electron chi connectivity index (χ3n) is 4.87. The molecule has 1 aliphatic heterocycles. The number of hydrogen-bond acceptors (Lipinski definition) is 2. The Hall–Kier alpha value is -0.0800. The molecule has 2 rings (SSSR count). The van der Waals surface area contributed by atoms with E-state index >= 15 is 0 Å². The van der Waals surface area contributed by atoms with Crippen LogP contribution >= 0.6 is 0 Å². The fourth-order valence-corrected chi connectivity index (χ4v) is 3.58. The molecule has 2 fully saturated rings. The van der Waals surface area contributed by atoms with Gasteiger partial charge in [-0.15, -0.1) is 0 Å². The van der Waals surface area contributed by atoms with E-state index in [1.165, 1.54) is 51.9 Å². The lowest BCUT2D eigenvalue weighted by atomic mass is 10.0. The van der Waals surface area contributed by atoms with E-state index in [9.17, 15) is 0 Å². The molecule has 0 bridgehead atoms. The standard InChI is InChI=1S/C15H30N2/c1-4-8-16-15-7-5-6-14(15)11-17-9-12(2)13(3)10-17/h12-16H,4-11H2,1-3H3. The summed E-state index contributed by atoms with van der Waals surface area (Å²) in [5.74, 6) is 2.72. The van der Waals surface area contributed by atoms with Crippen molar-refractivity contribution in [2.75, 3.05) is 26.2 Å². The first kappa shape index (κ1) is 13.4. The Bertz CT molecular complexity index is 219. The third kappa shape index (κ3) is 3.45. The fraction of sp³-hybridized carbons (Fsp3) is 1.00. The summed E-state index contributed by atoms with van der Waals surface area (Å²) in [6.07, 6.45) is 5.55. The monoisotopic (exact) mass is 238 g/mol. The first-order valence-electron chi connectivity index (χ1n) is 7.66. The summed E-state index contributed by atoms with van der Waals surface area (Å²) in [6, 6.07) is 0.807. The summed E-state index contributed by atoms with van der Waals surface area (Å²) in [5, 5.41) is 3.75. The normalized spacial score (nSPS) is 39.0. The van der Waals surface area contributed by atoms with Gasteiger partial charge < -0.3 is 10.2 Å². The maximum atomic E-state index is 3.75. The Morgan fingerprint density at radius 3 is 2.47 bits per heavy atom. The summed E-state index contributed by atoms with van der Waals surface area (Å²) in [4.78, 5) is 2.71. The molecule has 2 aliphatic rings. The maximum absolute atomic E-state index is 3.75. The van der Waals surface area contributed by atoms with Crippen molar-refractivity contribution in [2.45, 2.75) is 52.5 Å². The Morgan fingerprint density at radius 2 is 1.82 bits per heavy atom.